The molecule has 0 radical (unpaired) electrons. The smallest absolute Gasteiger partial charge is 0.149 e. The first-order chi connectivity index (χ1) is 4.74. The Labute approximate surface area is 58.3 Å². The van der Waals surface area contributed by atoms with Crippen LogP contribution in [0, 0.1) is 0 Å². The first-order valence-corrected chi connectivity index (χ1v) is 2.61. The van der Waals surface area contributed by atoms with Gasteiger partial charge in [0, 0.05) is 9.88 Å². The fourth-order valence-electron chi connectivity index (χ4n) is 0.383. The molecular formula is C3H12N3O4+. The molecule has 0 unspecified atom stereocenters. The van der Waals surface area contributed by atoms with Crippen LogP contribution < -0.4 is 11.8 Å². The predicted molar refractivity (Wildman–Crippen MR) is 29.4 cm³/mol. The molecule has 0 amide bonds. The van der Waals surface area contributed by atoms with Crippen LogP contribution in [0.5, 0.6) is 0 Å². The average molecular weight is 154 g/mol. The van der Waals surface area contributed by atoms with Crippen LogP contribution >= 0.6 is 0 Å². The summed E-state index contributed by atoms with van der Waals surface area (Å²) in [6, 6.07) is 0. The van der Waals surface area contributed by atoms with Gasteiger partial charge in [-0.15, -0.1) is 11.8 Å². The third kappa shape index (κ3) is 2.15. The van der Waals surface area contributed by atoms with Gasteiger partial charge in [-0.05, 0) is 6.92 Å². The number of rotatable bonds is 5. The summed E-state index contributed by atoms with van der Waals surface area (Å²) in [5, 5.41) is -1.14. The van der Waals surface area contributed by atoms with E-state index in [9.17, 15) is 0 Å². The summed E-state index contributed by atoms with van der Waals surface area (Å²) in [6.07, 6.45) is 0. The summed E-state index contributed by atoms with van der Waals surface area (Å²) in [4.78, 5) is 17.4. The molecule has 0 aromatic heterocycles. The van der Waals surface area contributed by atoms with Crippen molar-refractivity contribution >= 4 is 0 Å². The molecule has 62 valence electrons. The lowest BCUT2D eigenvalue weighted by Gasteiger charge is -2.17. The molecule has 0 aliphatic carbocycles. The molecule has 10 heavy (non-hydrogen) atoms. The Kier molecular flexibility index (Phi) is 4.40. The van der Waals surface area contributed by atoms with Gasteiger partial charge in [0.25, 0.3) is 5.14 Å². The molecule has 0 aromatic carbocycles. The van der Waals surface area contributed by atoms with Gasteiger partial charge in [-0.1, -0.05) is 9.68 Å². The van der Waals surface area contributed by atoms with Gasteiger partial charge in [-0.3, -0.25) is 0 Å². The molecule has 4 N–H and O–H groups in total. The molecule has 0 rings (SSSR count). The fraction of sp³-hybridized carbons (Fsp3) is 1.00. The minimum atomic E-state index is -1.14. The highest BCUT2D eigenvalue weighted by molar-refractivity contribution is 3.90. The molecule has 0 atom stereocenters. The zero-order chi connectivity index (χ0) is 8.04. The minimum Gasteiger partial charge on any atom is -0.149 e. The lowest BCUT2D eigenvalue weighted by molar-refractivity contribution is -1.47. The van der Waals surface area contributed by atoms with E-state index in [0.29, 0.717) is 0 Å². The Hall–Kier alpha value is -0.280. The van der Waals surface area contributed by atoms with Crippen molar-refractivity contribution in [2.45, 2.75) is 6.92 Å². The summed E-state index contributed by atoms with van der Waals surface area (Å²) in [5.74, 6) is 9.46. The monoisotopic (exact) mass is 154 g/mol. The summed E-state index contributed by atoms with van der Waals surface area (Å²) in [7, 11) is 1.26. The highest BCUT2D eigenvalue weighted by atomic mass is 17.4. The van der Waals surface area contributed by atoms with Crippen molar-refractivity contribution < 1.29 is 24.7 Å². The minimum absolute atomic E-state index is 0.280. The molecule has 0 saturated heterocycles. The zero-order valence-electron chi connectivity index (χ0n) is 5.94. The second-order valence-corrected chi connectivity index (χ2v) is 1.26. The van der Waals surface area contributed by atoms with E-state index >= 15 is 0 Å². The zero-order valence-corrected chi connectivity index (χ0v) is 5.94. The fourth-order valence-corrected chi connectivity index (χ4v) is 0.383. The molecule has 7 nitrogen and oxygen atoms in total. The van der Waals surface area contributed by atoms with Gasteiger partial charge in [0.1, 0.15) is 13.7 Å². The van der Waals surface area contributed by atoms with Gasteiger partial charge >= 0.3 is 0 Å². The molecule has 0 saturated carbocycles. The van der Waals surface area contributed by atoms with E-state index in [2.05, 4.69) is 14.7 Å². The maximum Gasteiger partial charge on any atom is 0.283 e. The normalized spacial score (nSPS) is 12.0. The molecule has 7 heteroatoms. The van der Waals surface area contributed by atoms with Crippen molar-refractivity contribution in [2.24, 2.45) is 11.8 Å². The van der Waals surface area contributed by atoms with Gasteiger partial charge in [0.2, 0.25) is 0 Å². The SMILES string of the molecule is CCO[N+](OC)(ON)ON. The van der Waals surface area contributed by atoms with Crippen molar-refractivity contribution in [1.82, 2.24) is 0 Å². The second-order valence-electron chi connectivity index (χ2n) is 1.26. The topological polar surface area (TPSA) is 89.0 Å². The summed E-state index contributed by atoms with van der Waals surface area (Å²) < 4.78 is 0. The Balaban J connectivity index is 3.87. The van der Waals surface area contributed by atoms with Gasteiger partial charge in [-0.25, -0.2) is 0 Å². The summed E-state index contributed by atoms with van der Waals surface area (Å²) in [5.41, 5.74) is 0. The van der Waals surface area contributed by atoms with E-state index in [1.165, 1.54) is 7.11 Å². The first kappa shape index (κ1) is 9.72. The van der Waals surface area contributed by atoms with E-state index in [1.807, 2.05) is 0 Å². The third-order valence-electron chi connectivity index (χ3n) is 0.769. The van der Waals surface area contributed by atoms with Crippen LogP contribution in [0.2, 0.25) is 0 Å². The summed E-state index contributed by atoms with van der Waals surface area (Å²) in [6.45, 7) is 1.98. The largest absolute Gasteiger partial charge is 0.283 e. The second kappa shape index (κ2) is 4.52. The Morgan fingerprint density at radius 3 is 1.90 bits per heavy atom. The quantitative estimate of drug-likeness (QED) is 0.387. The standard InChI is InChI=1S/C3H12N3O4/c1-3-8-6(7-2,9-4)10-5/h3-5H2,1-2H3/q+1. The Morgan fingerprint density at radius 2 is 1.80 bits per heavy atom. The van der Waals surface area contributed by atoms with Gasteiger partial charge < -0.3 is 0 Å². The Bertz CT molecular complexity index is 77.6. The van der Waals surface area contributed by atoms with Crippen LogP contribution in [0.15, 0.2) is 0 Å². The average Bonchev–Trinajstić information content (AvgIpc) is 2.01. The molecule has 0 spiro atoms. The number of nitrogens with zero attached hydrogens (tertiary/aromatic N) is 1. The summed E-state index contributed by atoms with van der Waals surface area (Å²) >= 11 is 0. The van der Waals surface area contributed by atoms with E-state index in [-0.39, 0.29) is 6.61 Å². The van der Waals surface area contributed by atoms with Crippen molar-refractivity contribution in [2.75, 3.05) is 13.7 Å². The lowest BCUT2D eigenvalue weighted by Crippen LogP contribution is -2.50. The molecule has 0 aromatic rings. The van der Waals surface area contributed by atoms with E-state index in [0.717, 1.165) is 0 Å². The molecule has 0 bridgehead atoms. The van der Waals surface area contributed by atoms with Crippen LogP contribution in [0.1, 0.15) is 6.92 Å². The van der Waals surface area contributed by atoms with Crippen molar-refractivity contribution in [3.63, 3.8) is 0 Å². The maximum absolute atomic E-state index is 4.73. The molecule has 0 aliphatic heterocycles. The van der Waals surface area contributed by atoms with Crippen LogP contribution in [0.3, 0.4) is 0 Å². The van der Waals surface area contributed by atoms with Crippen LogP contribution in [-0.4, -0.2) is 18.9 Å². The van der Waals surface area contributed by atoms with Crippen LogP contribution in [0.25, 0.3) is 0 Å². The highest BCUT2D eigenvalue weighted by Crippen LogP contribution is 2.04. The molecule has 0 fully saturated rings. The Morgan fingerprint density at radius 1 is 1.30 bits per heavy atom. The number of hydrogen-bond donors (Lipinski definition) is 2. The lowest BCUT2D eigenvalue weighted by atomic mass is 10.9. The molecular weight excluding hydrogens is 142 g/mol. The third-order valence-corrected chi connectivity index (χ3v) is 0.769. The van der Waals surface area contributed by atoms with Crippen molar-refractivity contribution in [3.8, 4) is 0 Å². The molecule has 0 heterocycles. The van der Waals surface area contributed by atoms with Crippen molar-refractivity contribution in [1.29, 1.82) is 0 Å². The van der Waals surface area contributed by atoms with E-state index in [1.54, 1.807) is 6.92 Å². The highest BCUT2D eigenvalue weighted by Gasteiger charge is 2.35. The van der Waals surface area contributed by atoms with Gasteiger partial charge in [0.05, 0.1) is 0 Å². The van der Waals surface area contributed by atoms with Gasteiger partial charge in [-0.2, -0.15) is 0 Å². The van der Waals surface area contributed by atoms with E-state index < -0.39 is 5.14 Å². The number of quaternary nitrogens is 1. The predicted octanol–water partition coefficient (Wildman–Crippen LogP) is -1.07. The van der Waals surface area contributed by atoms with Crippen LogP contribution in [0.4, 0.5) is 0 Å². The van der Waals surface area contributed by atoms with Crippen LogP contribution in [-0.2, 0) is 19.6 Å². The number of hydrogen-bond acceptors (Lipinski definition) is 6. The van der Waals surface area contributed by atoms with E-state index in [4.69, 9.17) is 16.6 Å². The number of nitrogens with two attached hydrogens (primary N) is 2. The molecule has 0 aliphatic rings. The first-order valence-electron chi connectivity index (χ1n) is 2.61. The van der Waals surface area contributed by atoms with Crippen molar-refractivity contribution in [3.05, 3.63) is 0 Å². The van der Waals surface area contributed by atoms with Gasteiger partial charge in [0.15, 0.2) is 0 Å². The maximum atomic E-state index is 4.73.